The molecule has 1 N–H and O–H groups in total. The SMILES string of the molecule is CCOc1ccc2c(C)c(C(=O)N[C@@H]3C[C@@H]4OCC[C@@H]43)oc2c1OCC. The van der Waals surface area contributed by atoms with Gasteiger partial charge in [-0.05, 0) is 45.7 Å². The smallest absolute Gasteiger partial charge is 0.287 e. The van der Waals surface area contributed by atoms with E-state index in [9.17, 15) is 4.79 Å². The Morgan fingerprint density at radius 2 is 2.08 bits per heavy atom. The van der Waals surface area contributed by atoms with Gasteiger partial charge in [-0.2, -0.15) is 0 Å². The molecule has 2 fully saturated rings. The Balaban J connectivity index is 1.63. The molecule has 1 amide bonds. The zero-order chi connectivity index (χ0) is 18.3. The molecule has 1 aliphatic heterocycles. The van der Waals surface area contributed by atoms with Crippen LogP contribution in [0.2, 0.25) is 0 Å². The van der Waals surface area contributed by atoms with Crippen LogP contribution in [0.15, 0.2) is 16.5 Å². The third-order valence-corrected chi connectivity index (χ3v) is 5.40. The predicted octanol–water partition coefficient (Wildman–Crippen LogP) is 3.45. The minimum absolute atomic E-state index is 0.172. The Morgan fingerprint density at radius 3 is 2.81 bits per heavy atom. The second-order valence-electron chi connectivity index (χ2n) is 6.87. The van der Waals surface area contributed by atoms with Crippen LogP contribution in [0.3, 0.4) is 0 Å². The lowest BCUT2D eigenvalue weighted by Crippen LogP contribution is -2.53. The van der Waals surface area contributed by atoms with E-state index in [2.05, 4.69) is 5.32 Å². The van der Waals surface area contributed by atoms with Crippen molar-refractivity contribution in [2.75, 3.05) is 19.8 Å². The van der Waals surface area contributed by atoms with E-state index in [1.807, 2.05) is 32.9 Å². The number of rotatable bonds is 6. The summed E-state index contributed by atoms with van der Waals surface area (Å²) in [6, 6.07) is 3.96. The summed E-state index contributed by atoms with van der Waals surface area (Å²) in [6.07, 6.45) is 2.21. The Labute approximate surface area is 152 Å². The molecule has 4 rings (SSSR count). The van der Waals surface area contributed by atoms with E-state index in [0.717, 1.165) is 30.4 Å². The van der Waals surface area contributed by atoms with Crippen LogP contribution in [0.4, 0.5) is 0 Å². The van der Waals surface area contributed by atoms with Gasteiger partial charge in [0.2, 0.25) is 5.75 Å². The van der Waals surface area contributed by atoms with Gasteiger partial charge in [-0.25, -0.2) is 0 Å². The van der Waals surface area contributed by atoms with Gasteiger partial charge in [0.1, 0.15) is 0 Å². The molecule has 6 nitrogen and oxygen atoms in total. The maximum absolute atomic E-state index is 12.8. The average molecular weight is 359 g/mol. The lowest BCUT2D eigenvalue weighted by Gasteiger charge is -2.39. The molecule has 2 heterocycles. The molecule has 2 aromatic rings. The number of hydrogen-bond donors (Lipinski definition) is 1. The largest absolute Gasteiger partial charge is 0.490 e. The fraction of sp³-hybridized carbons (Fsp3) is 0.550. The molecular formula is C20H25NO5. The van der Waals surface area contributed by atoms with Crippen LogP contribution in [0, 0.1) is 12.8 Å². The highest BCUT2D eigenvalue weighted by Gasteiger charge is 2.46. The fourth-order valence-electron chi connectivity index (χ4n) is 4.01. The van der Waals surface area contributed by atoms with Gasteiger partial charge in [-0.1, -0.05) is 0 Å². The van der Waals surface area contributed by atoms with Crippen molar-refractivity contribution in [3.05, 3.63) is 23.5 Å². The van der Waals surface area contributed by atoms with Gasteiger partial charge in [0.05, 0.1) is 19.3 Å². The molecule has 3 atom stereocenters. The first-order valence-electron chi connectivity index (χ1n) is 9.38. The second kappa shape index (κ2) is 6.83. The van der Waals surface area contributed by atoms with E-state index < -0.39 is 0 Å². The quantitative estimate of drug-likeness (QED) is 0.855. The maximum atomic E-state index is 12.8. The second-order valence-corrected chi connectivity index (χ2v) is 6.87. The number of hydrogen-bond acceptors (Lipinski definition) is 5. The Kier molecular flexibility index (Phi) is 4.53. The van der Waals surface area contributed by atoms with Gasteiger partial charge in [-0.3, -0.25) is 4.79 Å². The van der Waals surface area contributed by atoms with Gasteiger partial charge in [-0.15, -0.1) is 0 Å². The number of aryl methyl sites for hydroxylation is 1. The molecule has 2 aliphatic rings. The van der Waals surface area contributed by atoms with Gasteiger partial charge in [0.25, 0.3) is 5.91 Å². The summed E-state index contributed by atoms with van der Waals surface area (Å²) in [5, 5.41) is 3.99. The fourth-order valence-corrected chi connectivity index (χ4v) is 4.01. The summed E-state index contributed by atoms with van der Waals surface area (Å²) < 4.78 is 23.0. The molecule has 1 aromatic carbocycles. The Hall–Kier alpha value is -2.21. The van der Waals surface area contributed by atoms with Crippen LogP contribution in [0.25, 0.3) is 11.0 Å². The van der Waals surface area contributed by atoms with Crippen molar-refractivity contribution in [2.24, 2.45) is 5.92 Å². The Morgan fingerprint density at radius 1 is 1.27 bits per heavy atom. The lowest BCUT2D eigenvalue weighted by molar-refractivity contribution is 0.00773. The summed E-state index contributed by atoms with van der Waals surface area (Å²) in [5.41, 5.74) is 1.39. The molecule has 0 radical (unpaired) electrons. The summed E-state index contributed by atoms with van der Waals surface area (Å²) >= 11 is 0. The number of furan rings is 1. The maximum Gasteiger partial charge on any atom is 0.287 e. The monoisotopic (exact) mass is 359 g/mol. The summed E-state index contributed by atoms with van der Waals surface area (Å²) in [6.45, 7) is 7.55. The number of amides is 1. The van der Waals surface area contributed by atoms with Crippen LogP contribution >= 0.6 is 0 Å². The van der Waals surface area contributed by atoms with Crippen molar-refractivity contribution in [1.82, 2.24) is 5.32 Å². The number of benzene rings is 1. The highest BCUT2D eigenvalue weighted by atomic mass is 16.5. The number of nitrogens with one attached hydrogen (secondary N) is 1. The third kappa shape index (κ3) is 2.72. The average Bonchev–Trinajstić information content (AvgIpc) is 3.15. The van der Waals surface area contributed by atoms with E-state index in [1.165, 1.54) is 0 Å². The minimum atomic E-state index is -0.172. The first-order chi connectivity index (χ1) is 12.6. The topological polar surface area (TPSA) is 69.9 Å². The zero-order valence-corrected chi connectivity index (χ0v) is 15.5. The van der Waals surface area contributed by atoms with Gasteiger partial charge < -0.3 is 23.9 Å². The molecular weight excluding hydrogens is 334 g/mol. The number of carbonyl (C=O) groups is 1. The molecule has 140 valence electrons. The first-order valence-corrected chi connectivity index (χ1v) is 9.38. The minimum Gasteiger partial charge on any atom is -0.490 e. The number of ether oxygens (including phenoxy) is 3. The van der Waals surface area contributed by atoms with Gasteiger partial charge in [0.15, 0.2) is 17.1 Å². The zero-order valence-electron chi connectivity index (χ0n) is 15.5. The molecule has 1 aliphatic carbocycles. The van der Waals surface area contributed by atoms with Crippen molar-refractivity contribution in [2.45, 2.75) is 45.8 Å². The van der Waals surface area contributed by atoms with Crippen molar-refractivity contribution in [3.8, 4) is 11.5 Å². The van der Waals surface area contributed by atoms with Crippen LogP contribution < -0.4 is 14.8 Å². The third-order valence-electron chi connectivity index (χ3n) is 5.40. The van der Waals surface area contributed by atoms with E-state index in [0.29, 0.717) is 48.1 Å². The molecule has 1 aromatic heterocycles. The first kappa shape index (κ1) is 17.2. The van der Waals surface area contributed by atoms with Crippen LogP contribution in [0.1, 0.15) is 42.8 Å². The van der Waals surface area contributed by atoms with E-state index in [1.54, 1.807) is 0 Å². The molecule has 6 heteroatoms. The summed E-state index contributed by atoms with van der Waals surface area (Å²) in [5.74, 6) is 1.80. The molecule has 1 saturated heterocycles. The molecule has 26 heavy (non-hydrogen) atoms. The molecule has 0 bridgehead atoms. The summed E-state index contributed by atoms with van der Waals surface area (Å²) in [4.78, 5) is 12.8. The predicted molar refractivity (Wildman–Crippen MR) is 97.0 cm³/mol. The standard InChI is InChI=1S/C20H25NO5/c1-4-23-15-7-6-12-11(3)17(26-18(12)19(15)24-5-2)20(22)21-14-10-16-13(14)8-9-25-16/h6-7,13-14,16H,4-5,8-10H2,1-3H3,(H,21,22)/t13-,14-,16+/m1/s1. The van der Waals surface area contributed by atoms with Crippen LogP contribution in [-0.2, 0) is 4.74 Å². The lowest BCUT2D eigenvalue weighted by atomic mass is 9.76. The van der Waals surface area contributed by atoms with E-state index in [-0.39, 0.29) is 11.9 Å². The van der Waals surface area contributed by atoms with Crippen molar-refractivity contribution < 1.29 is 23.4 Å². The normalized spacial score (nSPS) is 24.2. The molecule has 0 spiro atoms. The molecule has 1 saturated carbocycles. The van der Waals surface area contributed by atoms with Crippen molar-refractivity contribution in [1.29, 1.82) is 0 Å². The van der Waals surface area contributed by atoms with E-state index >= 15 is 0 Å². The Bertz CT molecular complexity index is 827. The number of fused-ring (bicyclic) bond motifs is 2. The van der Waals surface area contributed by atoms with Gasteiger partial charge in [0, 0.05) is 29.5 Å². The summed E-state index contributed by atoms with van der Waals surface area (Å²) in [7, 11) is 0. The van der Waals surface area contributed by atoms with Crippen molar-refractivity contribution in [3.63, 3.8) is 0 Å². The van der Waals surface area contributed by atoms with Crippen LogP contribution in [-0.4, -0.2) is 37.9 Å². The van der Waals surface area contributed by atoms with Crippen molar-refractivity contribution >= 4 is 16.9 Å². The molecule has 0 unspecified atom stereocenters. The van der Waals surface area contributed by atoms with E-state index in [4.69, 9.17) is 18.6 Å². The highest BCUT2D eigenvalue weighted by Crippen LogP contribution is 2.41. The highest BCUT2D eigenvalue weighted by molar-refractivity contribution is 6.01. The van der Waals surface area contributed by atoms with Gasteiger partial charge >= 0.3 is 0 Å². The number of carbonyl (C=O) groups excluding carboxylic acids is 1. The van der Waals surface area contributed by atoms with Crippen LogP contribution in [0.5, 0.6) is 11.5 Å².